The molecule has 0 unspecified atom stereocenters. The van der Waals surface area contributed by atoms with Crippen molar-refractivity contribution in [1.82, 2.24) is 0 Å². The molecule has 17 nitrogen and oxygen atoms in total. The molecular weight excluding hydrogens is 656 g/mol. The number of aromatic hydroxyl groups is 1. The highest BCUT2D eigenvalue weighted by atomic mass is 16.8. The van der Waals surface area contributed by atoms with Gasteiger partial charge in [-0.25, -0.2) is 9.59 Å². The predicted octanol–water partition coefficient (Wildman–Crippen LogP) is -2.43. The first-order valence-electron chi connectivity index (χ1n) is 15.5. The van der Waals surface area contributed by atoms with Gasteiger partial charge in [0.15, 0.2) is 12.6 Å². The average Bonchev–Trinajstić information content (AvgIpc) is 3.55. The van der Waals surface area contributed by atoms with Gasteiger partial charge in [-0.3, -0.25) is 0 Å². The highest BCUT2D eigenvalue weighted by molar-refractivity contribution is 5.89. The first kappa shape index (κ1) is 36.8. The molecule has 0 radical (unpaired) electrons. The van der Waals surface area contributed by atoms with Crippen LogP contribution < -0.4 is 0 Å². The van der Waals surface area contributed by atoms with E-state index in [9.17, 15) is 50.4 Å². The predicted molar refractivity (Wildman–Crippen MR) is 160 cm³/mol. The van der Waals surface area contributed by atoms with Gasteiger partial charge < -0.3 is 74.0 Å². The van der Waals surface area contributed by atoms with Crippen LogP contribution in [0.1, 0.15) is 12.0 Å². The SMILES string of the molecule is COC(=O)C1=CO[C@@H](O[C@H]2O[C@@H](CO[C@H]3O[C@@H](COC(=O)C=Cc4ccc(O)cc4)[C@H](O)[C@@H](O)[C@@H]3O)[C@H](O)[C@@H](O)[C@@H]2O)[C@@H]2C(CO)=CC[C@H]12. The third kappa shape index (κ3) is 8.13. The van der Waals surface area contributed by atoms with Crippen molar-refractivity contribution in [2.75, 3.05) is 26.9 Å². The number of methoxy groups -OCH3 is 1. The number of hydrogen-bond donors (Lipinski definition) is 8. The number of aliphatic hydroxyl groups is 7. The number of rotatable bonds is 11. The Hall–Kier alpha value is -3.46. The molecule has 2 saturated heterocycles. The molecule has 0 bridgehead atoms. The summed E-state index contributed by atoms with van der Waals surface area (Å²) >= 11 is 0. The first-order chi connectivity index (χ1) is 23.4. The molecule has 3 heterocycles. The summed E-state index contributed by atoms with van der Waals surface area (Å²) in [6, 6.07) is 5.98. The number of allylic oxidation sites excluding steroid dienone is 1. The van der Waals surface area contributed by atoms with Crippen LogP contribution in [0.5, 0.6) is 5.75 Å². The maximum atomic E-state index is 12.3. The minimum atomic E-state index is -1.81. The molecule has 3 aliphatic heterocycles. The van der Waals surface area contributed by atoms with E-state index in [1.54, 1.807) is 18.2 Å². The van der Waals surface area contributed by atoms with Crippen molar-refractivity contribution in [3.63, 3.8) is 0 Å². The average molecular weight is 697 g/mol. The number of phenols is 1. The Morgan fingerprint density at radius 3 is 2.14 bits per heavy atom. The van der Waals surface area contributed by atoms with E-state index in [2.05, 4.69) is 0 Å². The Bertz CT molecular complexity index is 1390. The molecule has 5 rings (SSSR count). The minimum Gasteiger partial charge on any atom is -0.508 e. The van der Waals surface area contributed by atoms with Crippen LogP contribution in [0.4, 0.5) is 0 Å². The molecular formula is C32H40O17. The smallest absolute Gasteiger partial charge is 0.337 e. The van der Waals surface area contributed by atoms with E-state index >= 15 is 0 Å². The number of esters is 2. The summed E-state index contributed by atoms with van der Waals surface area (Å²) in [4.78, 5) is 24.5. The van der Waals surface area contributed by atoms with Crippen molar-refractivity contribution in [2.45, 2.75) is 74.1 Å². The van der Waals surface area contributed by atoms with Gasteiger partial charge in [0.2, 0.25) is 6.29 Å². The number of fused-ring (bicyclic) bond motifs is 1. The normalized spacial score (nSPS) is 37.5. The molecule has 0 amide bonds. The summed E-state index contributed by atoms with van der Waals surface area (Å²) in [6.45, 7) is -1.51. The van der Waals surface area contributed by atoms with E-state index in [0.717, 1.165) is 12.3 Å². The number of carbonyl (C=O) groups is 2. The van der Waals surface area contributed by atoms with Gasteiger partial charge in [-0.15, -0.1) is 0 Å². The van der Waals surface area contributed by atoms with Gasteiger partial charge in [0.05, 0.1) is 38.1 Å². The van der Waals surface area contributed by atoms with E-state index in [-0.39, 0.29) is 17.9 Å². The summed E-state index contributed by atoms with van der Waals surface area (Å²) < 4.78 is 38.3. The molecule has 17 heteroatoms. The Labute approximate surface area is 279 Å². The van der Waals surface area contributed by atoms with Crippen molar-refractivity contribution in [3.8, 4) is 5.75 Å². The van der Waals surface area contributed by atoms with Gasteiger partial charge in [-0.05, 0) is 35.8 Å². The van der Waals surface area contributed by atoms with Crippen LogP contribution in [-0.4, -0.2) is 147 Å². The molecule has 0 aromatic heterocycles. The van der Waals surface area contributed by atoms with Crippen molar-refractivity contribution in [3.05, 3.63) is 59.4 Å². The molecule has 8 N–H and O–H groups in total. The molecule has 0 spiro atoms. The Morgan fingerprint density at radius 1 is 0.857 bits per heavy atom. The molecule has 2 fully saturated rings. The molecule has 270 valence electrons. The van der Waals surface area contributed by atoms with E-state index < -0.39 is 105 Å². The van der Waals surface area contributed by atoms with Crippen molar-refractivity contribution < 1.29 is 83.6 Å². The molecule has 1 aromatic carbocycles. The van der Waals surface area contributed by atoms with E-state index in [4.69, 9.17) is 33.2 Å². The van der Waals surface area contributed by atoms with E-state index in [1.807, 2.05) is 0 Å². The quantitative estimate of drug-likeness (QED) is 0.0679. The summed E-state index contributed by atoms with van der Waals surface area (Å²) in [5.41, 5.74) is 1.32. The fourth-order valence-corrected chi connectivity index (χ4v) is 6.06. The molecule has 13 atom stereocenters. The van der Waals surface area contributed by atoms with Crippen LogP contribution in [0.2, 0.25) is 0 Å². The topological polar surface area (TPSA) is 261 Å². The number of ether oxygens (including phenoxy) is 7. The van der Waals surface area contributed by atoms with Crippen molar-refractivity contribution in [2.24, 2.45) is 11.8 Å². The summed E-state index contributed by atoms with van der Waals surface area (Å²) in [5, 5.41) is 82.6. The zero-order chi connectivity index (χ0) is 35.4. The van der Waals surface area contributed by atoms with Crippen molar-refractivity contribution >= 4 is 18.0 Å². The highest BCUT2D eigenvalue weighted by Crippen LogP contribution is 2.44. The number of phenolic OH excluding ortho intramolecular Hbond substituents is 1. The molecule has 1 aliphatic carbocycles. The number of benzene rings is 1. The maximum Gasteiger partial charge on any atom is 0.337 e. The number of carbonyl (C=O) groups excluding carboxylic acids is 2. The van der Waals surface area contributed by atoms with Gasteiger partial charge in [0.25, 0.3) is 0 Å². The van der Waals surface area contributed by atoms with Crippen molar-refractivity contribution in [1.29, 1.82) is 0 Å². The van der Waals surface area contributed by atoms with Crippen LogP contribution >= 0.6 is 0 Å². The number of aliphatic hydroxyl groups excluding tert-OH is 7. The molecule has 1 aromatic rings. The molecule has 49 heavy (non-hydrogen) atoms. The van der Waals surface area contributed by atoms with Crippen LogP contribution in [0.15, 0.2) is 53.8 Å². The van der Waals surface area contributed by atoms with E-state index in [1.165, 1.54) is 25.3 Å². The van der Waals surface area contributed by atoms with Gasteiger partial charge in [0.1, 0.15) is 61.2 Å². The standard InChI is InChI=1S/C32H40O17/c1-43-29(42)18-11-45-30(22-15(10-33)5-8-17(18)22)49-32-28(41)26(39)24(37)20(48-32)13-46-31-27(40)25(38)23(36)19(47-31)12-44-21(35)9-4-14-2-6-16(34)7-3-14/h2-7,9,11,17,19-20,22-28,30-34,36-41H,8,10,12-13H2,1H3/t17-,19+,20+,22-,23+,24+,25-,26-,27+,28+,30+,31+,32-/m1/s1. The second kappa shape index (κ2) is 16.0. The number of hydrogen-bond acceptors (Lipinski definition) is 17. The zero-order valence-electron chi connectivity index (χ0n) is 26.2. The summed E-state index contributed by atoms with van der Waals surface area (Å²) in [6.07, 6.45) is -12.0. The minimum absolute atomic E-state index is 0.0487. The largest absolute Gasteiger partial charge is 0.508 e. The summed E-state index contributed by atoms with van der Waals surface area (Å²) in [5.74, 6) is -2.54. The highest BCUT2D eigenvalue weighted by Gasteiger charge is 2.51. The Morgan fingerprint density at radius 2 is 1.49 bits per heavy atom. The van der Waals surface area contributed by atoms with Crippen LogP contribution in [0.3, 0.4) is 0 Å². The Kier molecular flexibility index (Phi) is 12.1. The van der Waals surface area contributed by atoms with Gasteiger partial charge in [-0.1, -0.05) is 18.2 Å². The zero-order valence-corrected chi connectivity index (χ0v) is 26.2. The summed E-state index contributed by atoms with van der Waals surface area (Å²) in [7, 11) is 1.22. The van der Waals surface area contributed by atoms with Crippen LogP contribution in [0, 0.1) is 11.8 Å². The molecule has 4 aliphatic rings. The third-order valence-electron chi connectivity index (χ3n) is 8.85. The lowest BCUT2D eigenvalue weighted by Gasteiger charge is -2.44. The lowest BCUT2D eigenvalue weighted by Crippen LogP contribution is -2.62. The first-order valence-corrected chi connectivity index (χ1v) is 15.5. The lowest BCUT2D eigenvalue weighted by molar-refractivity contribution is -0.352. The van der Waals surface area contributed by atoms with Crippen LogP contribution in [-0.2, 0) is 42.7 Å². The lowest BCUT2D eigenvalue weighted by atomic mass is 9.83. The van der Waals surface area contributed by atoms with Gasteiger partial charge in [0, 0.05) is 12.0 Å². The fourth-order valence-electron chi connectivity index (χ4n) is 6.06. The van der Waals surface area contributed by atoms with E-state index in [0.29, 0.717) is 17.6 Å². The second-order valence-electron chi connectivity index (χ2n) is 11.9. The maximum absolute atomic E-state index is 12.3. The monoisotopic (exact) mass is 696 g/mol. The molecule has 0 saturated carbocycles. The van der Waals surface area contributed by atoms with Gasteiger partial charge >= 0.3 is 11.9 Å². The van der Waals surface area contributed by atoms with Gasteiger partial charge in [-0.2, -0.15) is 0 Å². The van der Waals surface area contributed by atoms with Crippen LogP contribution in [0.25, 0.3) is 6.08 Å². The Balaban J connectivity index is 1.19. The fraction of sp³-hybridized carbons (Fsp3) is 0.562. The third-order valence-corrected chi connectivity index (χ3v) is 8.85. The second-order valence-corrected chi connectivity index (χ2v) is 11.9.